The number of ether oxygens (including phenoxy) is 1. The van der Waals surface area contributed by atoms with Gasteiger partial charge in [0.05, 0.1) is 0 Å². The van der Waals surface area contributed by atoms with E-state index < -0.39 is 0 Å². The highest BCUT2D eigenvalue weighted by Crippen LogP contribution is 2.02. The van der Waals surface area contributed by atoms with Crippen LogP contribution in [0.15, 0.2) is 11.8 Å². The molecule has 0 unspecified atom stereocenters. The van der Waals surface area contributed by atoms with E-state index in [0.29, 0.717) is 0 Å². The molecule has 3 heteroatoms. The first-order valence-corrected chi connectivity index (χ1v) is 2.09. The summed E-state index contributed by atoms with van der Waals surface area (Å²) in [6.07, 6.45) is 1.18. The molecular weight excluding hydrogens is 106 g/mol. The number of Topliss-reactive ketones (excluding diaryl/α,β-unsaturated/α-hetero) is 1. The van der Waals surface area contributed by atoms with Crippen LogP contribution < -0.4 is 0 Å². The summed E-state index contributed by atoms with van der Waals surface area (Å²) < 4.78 is 4.53. The van der Waals surface area contributed by atoms with Gasteiger partial charge in [-0.25, -0.2) is 0 Å². The zero-order valence-electron chi connectivity index (χ0n) is 4.05. The van der Waals surface area contributed by atoms with E-state index in [2.05, 4.69) is 4.74 Å². The second-order valence-corrected chi connectivity index (χ2v) is 1.38. The molecule has 1 aliphatic rings. The number of ketones is 1. The Morgan fingerprint density at radius 3 is 2.88 bits per heavy atom. The third kappa shape index (κ3) is 0.562. The lowest BCUT2D eigenvalue weighted by molar-refractivity contribution is -0.116. The maximum Gasteiger partial charge on any atom is 0.213 e. The molecular formula is C5H3NO2. The highest BCUT2D eigenvalue weighted by Gasteiger charge is 2.14. The fraction of sp³-hybridized carbons (Fsp3) is 0.200. The lowest BCUT2D eigenvalue weighted by Crippen LogP contribution is -1.98. The van der Waals surface area contributed by atoms with Crippen LogP contribution in [0.5, 0.6) is 0 Å². The van der Waals surface area contributed by atoms with E-state index in [4.69, 9.17) is 5.26 Å². The molecule has 1 rings (SSSR count). The molecule has 0 aromatic carbocycles. The molecule has 0 bridgehead atoms. The number of carbonyl (C=O) groups is 1. The molecule has 0 aromatic heterocycles. The van der Waals surface area contributed by atoms with Crippen LogP contribution in [-0.4, -0.2) is 12.4 Å². The first-order chi connectivity index (χ1) is 3.84. The van der Waals surface area contributed by atoms with Gasteiger partial charge in [-0.15, -0.1) is 0 Å². The average molecular weight is 109 g/mol. The minimum atomic E-state index is -0.229. The summed E-state index contributed by atoms with van der Waals surface area (Å²) in [6.45, 7) is 0.0306. The Bertz CT molecular complexity index is 187. The maximum absolute atomic E-state index is 10.4. The molecule has 0 spiro atoms. The maximum atomic E-state index is 10.4. The van der Waals surface area contributed by atoms with Crippen molar-refractivity contribution in [2.24, 2.45) is 0 Å². The first kappa shape index (κ1) is 4.85. The molecule has 1 heterocycles. The summed E-state index contributed by atoms with van der Waals surface area (Å²) in [7, 11) is 0. The SMILES string of the molecule is N#CC1=COCC1=O. The number of nitrogens with zero attached hydrogens (tertiary/aromatic N) is 1. The van der Waals surface area contributed by atoms with Crippen LogP contribution in [0.4, 0.5) is 0 Å². The summed E-state index contributed by atoms with van der Waals surface area (Å²) in [5.74, 6) is -0.229. The first-order valence-electron chi connectivity index (χ1n) is 2.09. The molecule has 0 radical (unpaired) electrons. The smallest absolute Gasteiger partial charge is 0.213 e. The molecule has 0 N–H and O–H groups in total. The molecule has 0 aromatic rings. The topological polar surface area (TPSA) is 50.1 Å². The number of hydrogen-bond donors (Lipinski definition) is 0. The lowest BCUT2D eigenvalue weighted by atomic mass is 10.2. The molecule has 1 aliphatic heterocycles. The van der Waals surface area contributed by atoms with E-state index >= 15 is 0 Å². The number of nitriles is 1. The van der Waals surface area contributed by atoms with Gasteiger partial charge in [0.15, 0.2) is 6.61 Å². The lowest BCUT2D eigenvalue weighted by Gasteiger charge is -1.79. The summed E-state index contributed by atoms with van der Waals surface area (Å²) in [5, 5.41) is 8.12. The normalized spacial score (nSPS) is 16.9. The van der Waals surface area contributed by atoms with Gasteiger partial charge in [-0.05, 0) is 0 Å². The Labute approximate surface area is 46.2 Å². The van der Waals surface area contributed by atoms with Crippen molar-refractivity contribution in [3.05, 3.63) is 11.8 Å². The van der Waals surface area contributed by atoms with Crippen LogP contribution in [0, 0.1) is 11.3 Å². The molecule has 0 amide bonds. The number of carbonyl (C=O) groups excluding carboxylic acids is 1. The minimum absolute atomic E-state index is 0.0306. The molecule has 3 nitrogen and oxygen atoms in total. The molecule has 8 heavy (non-hydrogen) atoms. The molecule has 0 atom stereocenters. The zero-order chi connectivity index (χ0) is 5.98. The van der Waals surface area contributed by atoms with Crippen LogP contribution in [-0.2, 0) is 9.53 Å². The Morgan fingerprint density at radius 1 is 1.88 bits per heavy atom. The Balaban J connectivity index is 2.81. The average Bonchev–Trinajstić information content (AvgIpc) is 2.14. The van der Waals surface area contributed by atoms with Gasteiger partial charge < -0.3 is 4.74 Å². The van der Waals surface area contributed by atoms with E-state index in [1.807, 2.05) is 0 Å². The van der Waals surface area contributed by atoms with Crippen LogP contribution in [0.3, 0.4) is 0 Å². The summed E-state index contributed by atoms with van der Waals surface area (Å²) in [6, 6.07) is 1.70. The van der Waals surface area contributed by atoms with Crippen molar-refractivity contribution in [2.45, 2.75) is 0 Å². The van der Waals surface area contributed by atoms with Gasteiger partial charge in [-0.3, -0.25) is 4.79 Å². The second kappa shape index (κ2) is 1.66. The zero-order valence-corrected chi connectivity index (χ0v) is 4.05. The van der Waals surface area contributed by atoms with E-state index in [1.165, 1.54) is 6.26 Å². The number of rotatable bonds is 0. The van der Waals surface area contributed by atoms with Gasteiger partial charge in [0.25, 0.3) is 0 Å². The standard InChI is InChI=1S/C5H3NO2/c6-1-4-2-8-3-5(4)7/h2H,3H2. The van der Waals surface area contributed by atoms with Gasteiger partial charge in [0.1, 0.15) is 17.9 Å². The second-order valence-electron chi connectivity index (χ2n) is 1.38. The minimum Gasteiger partial charge on any atom is -0.491 e. The fourth-order valence-corrected chi connectivity index (χ4v) is 0.433. The van der Waals surface area contributed by atoms with Crippen LogP contribution >= 0.6 is 0 Å². The van der Waals surface area contributed by atoms with Crippen molar-refractivity contribution in [3.63, 3.8) is 0 Å². The van der Waals surface area contributed by atoms with Crippen molar-refractivity contribution in [1.29, 1.82) is 5.26 Å². The van der Waals surface area contributed by atoms with Crippen molar-refractivity contribution < 1.29 is 9.53 Å². The highest BCUT2D eigenvalue weighted by atomic mass is 16.5. The summed E-state index contributed by atoms with van der Waals surface area (Å²) in [4.78, 5) is 10.4. The third-order valence-electron chi connectivity index (χ3n) is 0.836. The van der Waals surface area contributed by atoms with Crippen molar-refractivity contribution in [1.82, 2.24) is 0 Å². The van der Waals surface area contributed by atoms with Gasteiger partial charge in [-0.1, -0.05) is 0 Å². The van der Waals surface area contributed by atoms with Crippen LogP contribution in [0.2, 0.25) is 0 Å². The van der Waals surface area contributed by atoms with Crippen molar-refractivity contribution in [3.8, 4) is 6.07 Å². The molecule has 40 valence electrons. The van der Waals surface area contributed by atoms with Gasteiger partial charge in [0, 0.05) is 0 Å². The Kier molecular flexibility index (Phi) is 1.01. The highest BCUT2D eigenvalue weighted by molar-refractivity contribution is 6.01. The Hall–Kier alpha value is -1.30. The van der Waals surface area contributed by atoms with E-state index in [9.17, 15) is 4.79 Å². The summed E-state index contributed by atoms with van der Waals surface area (Å²) >= 11 is 0. The largest absolute Gasteiger partial charge is 0.491 e. The number of hydrogen-bond acceptors (Lipinski definition) is 3. The van der Waals surface area contributed by atoms with Crippen LogP contribution in [0.1, 0.15) is 0 Å². The third-order valence-corrected chi connectivity index (χ3v) is 0.836. The monoisotopic (exact) mass is 109 g/mol. The van der Waals surface area contributed by atoms with Crippen LogP contribution in [0.25, 0.3) is 0 Å². The predicted molar refractivity (Wildman–Crippen MR) is 24.7 cm³/mol. The van der Waals surface area contributed by atoms with Crippen molar-refractivity contribution in [2.75, 3.05) is 6.61 Å². The van der Waals surface area contributed by atoms with Gasteiger partial charge >= 0.3 is 0 Å². The molecule has 0 saturated carbocycles. The quantitative estimate of drug-likeness (QED) is 0.439. The Morgan fingerprint density at radius 2 is 2.62 bits per heavy atom. The van der Waals surface area contributed by atoms with Crippen molar-refractivity contribution >= 4 is 5.78 Å². The van der Waals surface area contributed by atoms with E-state index in [1.54, 1.807) is 6.07 Å². The predicted octanol–water partition coefficient (Wildman–Crippen LogP) is -0.00682. The molecule has 0 fully saturated rings. The molecule has 0 aliphatic carbocycles. The molecule has 0 saturated heterocycles. The van der Waals surface area contributed by atoms with Gasteiger partial charge in [0.2, 0.25) is 5.78 Å². The fourth-order valence-electron chi connectivity index (χ4n) is 0.433. The summed E-state index contributed by atoms with van der Waals surface area (Å²) in [5.41, 5.74) is 0.116. The van der Waals surface area contributed by atoms with E-state index in [-0.39, 0.29) is 18.0 Å². The van der Waals surface area contributed by atoms with Gasteiger partial charge in [-0.2, -0.15) is 5.26 Å². The van der Waals surface area contributed by atoms with E-state index in [0.717, 1.165) is 0 Å².